The van der Waals surface area contributed by atoms with Gasteiger partial charge in [0.25, 0.3) is 0 Å². The van der Waals surface area contributed by atoms with E-state index in [1.54, 1.807) is 0 Å². The number of anilines is 3. The predicted molar refractivity (Wildman–Crippen MR) is 120 cm³/mol. The summed E-state index contributed by atoms with van der Waals surface area (Å²) in [6.07, 6.45) is 0. The summed E-state index contributed by atoms with van der Waals surface area (Å²) in [6, 6.07) is 16.1. The fraction of sp³-hybridized carbons (Fsp3) is 0.435. The van der Waals surface area contributed by atoms with E-state index < -0.39 is 0 Å². The monoisotopic (exact) mass is 396 g/mol. The lowest BCUT2D eigenvalue weighted by molar-refractivity contribution is 0.208. The Bertz CT molecular complexity index is 782. The van der Waals surface area contributed by atoms with Gasteiger partial charge in [-0.15, -0.1) is 0 Å². The Kier molecular flexibility index (Phi) is 7.22. The zero-order chi connectivity index (χ0) is 20.6. The van der Waals surface area contributed by atoms with Crippen LogP contribution in [0.15, 0.2) is 48.5 Å². The maximum absolute atomic E-state index is 12.7. The maximum Gasteiger partial charge on any atom is 0.321 e. The quantitative estimate of drug-likeness (QED) is 0.759. The molecule has 0 radical (unpaired) electrons. The number of urea groups is 1. The van der Waals surface area contributed by atoms with Crippen LogP contribution in [0.4, 0.5) is 21.9 Å². The Morgan fingerprint density at radius 3 is 2.24 bits per heavy atom. The first-order chi connectivity index (χ1) is 14.2. The van der Waals surface area contributed by atoms with Gasteiger partial charge in [-0.3, -0.25) is 0 Å². The van der Waals surface area contributed by atoms with Gasteiger partial charge in [-0.1, -0.05) is 12.1 Å². The van der Waals surface area contributed by atoms with Gasteiger partial charge in [0.15, 0.2) is 0 Å². The number of amides is 2. The summed E-state index contributed by atoms with van der Waals surface area (Å²) in [5, 5.41) is 3.03. The molecule has 0 unspecified atom stereocenters. The van der Waals surface area contributed by atoms with Crippen molar-refractivity contribution in [1.82, 2.24) is 4.90 Å². The molecule has 29 heavy (non-hydrogen) atoms. The van der Waals surface area contributed by atoms with Crippen LogP contribution in [0.3, 0.4) is 0 Å². The number of nitrogens with zero attached hydrogens (tertiary/aromatic N) is 3. The number of carbonyl (C=O) groups excluding carboxylic acids is 1. The van der Waals surface area contributed by atoms with Gasteiger partial charge in [-0.05, 0) is 57.2 Å². The smallest absolute Gasteiger partial charge is 0.321 e. The first-order valence-corrected chi connectivity index (χ1v) is 10.5. The first kappa shape index (κ1) is 20.8. The Balaban J connectivity index is 1.55. The highest BCUT2D eigenvalue weighted by molar-refractivity contribution is 5.89. The molecule has 0 aromatic heterocycles. The maximum atomic E-state index is 12.7. The SMILES string of the molecule is CCOc1ccccc1N1CCN(C(=O)Nc2ccc(N(CC)CC)cc2)CC1. The topological polar surface area (TPSA) is 48.1 Å². The third-order valence-electron chi connectivity index (χ3n) is 5.32. The van der Waals surface area contributed by atoms with E-state index in [0.717, 1.165) is 43.3 Å². The van der Waals surface area contributed by atoms with Crippen LogP contribution < -0.4 is 19.9 Å². The molecule has 1 N–H and O–H groups in total. The number of ether oxygens (including phenoxy) is 1. The van der Waals surface area contributed by atoms with Crippen molar-refractivity contribution < 1.29 is 9.53 Å². The van der Waals surface area contributed by atoms with E-state index in [4.69, 9.17) is 4.74 Å². The number of hydrogen-bond acceptors (Lipinski definition) is 4. The largest absolute Gasteiger partial charge is 0.492 e. The Hall–Kier alpha value is -2.89. The molecule has 6 nitrogen and oxygen atoms in total. The molecule has 0 atom stereocenters. The molecule has 1 fully saturated rings. The average Bonchev–Trinajstić information content (AvgIpc) is 2.76. The molecule has 3 rings (SSSR count). The van der Waals surface area contributed by atoms with Crippen LogP contribution >= 0.6 is 0 Å². The summed E-state index contributed by atoms with van der Waals surface area (Å²) in [5.41, 5.74) is 3.10. The van der Waals surface area contributed by atoms with Crippen LogP contribution in [0.25, 0.3) is 0 Å². The normalized spacial score (nSPS) is 13.9. The van der Waals surface area contributed by atoms with Crippen molar-refractivity contribution in [3.63, 3.8) is 0 Å². The van der Waals surface area contributed by atoms with Crippen molar-refractivity contribution in [2.45, 2.75) is 20.8 Å². The van der Waals surface area contributed by atoms with E-state index in [0.29, 0.717) is 19.7 Å². The summed E-state index contributed by atoms with van der Waals surface area (Å²) in [6.45, 7) is 11.8. The Morgan fingerprint density at radius 1 is 0.966 bits per heavy atom. The zero-order valence-corrected chi connectivity index (χ0v) is 17.7. The number of nitrogens with one attached hydrogen (secondary N) is 1. The molecule has 2 amide bonds. The summed E-state index contributed by atoms with van der Waals surface area (Å²) >= 11 is 0. The summed E-state index contributed by atoms with van der Waals surface area (Å²) in [4.78, 5) is 19.1. The number of para-hydroxylation sites is 2. The van der Waals surface area contributed by atoms with Gasteiger partial charge in [0.1, 0.15) is 5.75 Å². The minimum atomic E-state index is -0.0432. The molecule has 6 heteroatoms. The Morgan fingerprint density at radius 2 is 1.62 bits per heavy atom. The summed E-state index contributed by atoms with van der Waals surface area (Å²) in [5.74, 6) is 0.904. The van der Waals surface area contributed by atoms with E-state index in [1.807, 2.05) is 42.2 Å². The lowest BCUT2D eigenvalue weighted by atomic mass is 10.2. The number of benzene rings is 2. The van der Waals surface area contributed by atoms with Crippen molar-refractivity contribution in [1.29, 1.82) is 0 Å². The molecule has 1 saturated heterocycles. The third kappa shape index (κ3) is 5.13. The molecule has 2 aromatic rings. The number of hydrogen-bond donors (Lipinski definition) is 1. The lowest BCUT2D eigenvalue weighted by Crippen LogP contribution is -2.50. The molecular weight excluding hydrogens is 364 g/mol. The highest BCUT2D eigenvalue weighted by Crippen LogP contribution is 2.29. The van der Waals surface area contributed by atoms with Gasteiger partial charge in [0, 0.05) is 50.6 Å². The Labute approximate surface area is 174 Å². The summed E-state index contributed by atoms with van der Waals surface area (Å²) < 4.78 is 5.75. The van der Waals surface area contributed by atoms with Crippen LogP contribution in [0.1, 0.15) is 20.8 Å². The minimum absolute atomic E-state index is 0.0432. The van der Waals surface area contributed by atoms with E-state index in [-0.39, 0.29) is 6.03 Å². The van der Waals surface area contributed by atoms with E-state index in [1.165, 1.54) is 5.69 Å². The highest BCUT2D eigenvalue weighted by atomic mass is 16.5. The van der Waals surface area contributed by atoms with Gasteiger partial charge in [-0.25, -0.2) is 4.79 Å². The lowest BCUT2D eigenvalue weighted by Gasteiger charge is -2.36. The third-order valence-corrected chi connectivity index (χ3v) is 5.32. The fourth-order valence-electron chi connectivity index (χ4n) is 3.69. The van der Waals surface area contributed by atoms with Gasteiger partial charge in [-0.2, -0.15) is 0 Å². The molecule has 1 heterocycles. The van der Waals surface area contributed by atoms with Crippen molar-refractivity contribution >= 4 is 23.1 Å². The van der Waals surface area contributed by atoms with Crippen molar-refractivity contribution in [2.75, 3.05) is 61.0 Å². The van der Waals surface area contributed by atoms with Crippen LogP contribution in [0, 0.1) is 0 Å². The second kappa shape index (κ2) is 10.0. The number of carbonyl (C=O) groups is 1. The number of rotatable bonds is 7. The second-order valence-electron chi connectivity index (χ2n) is 7.02. The number of piperazine rings is 1. The molecule has 1 aliphatic rings. The predicted octanol–water partition coefficient (Wildman–Crippen LogP) is 4.29. The zero-order valence-electron chi connectivity index (χ0n) is 17.7. The van der Waals surface area contributed by atoms with Gasteiger partial charge in [0.2, 0.25) is 0 Å². The highest BCUT2D eigenvalue weighted by Gasteiger charge is 2.23. The van der Waals surface area contributed by atoms with E-state index in [9.17, 15) is 4.79 Å². The molecule has 156 valence electrons. The molecule has 0 aliphatic carbocycles. The van der Waals surface area contributed by atoms with E-state index in [2.05, 4.69) is 47.2 Å². The molecular formula is C23H32N4O2. The fourth-order valence-corrected chi connectivity index (χ4v) is 3.69. The van der Waals surface area contributed by atoms with Crippen LogP contribution in [0.5, 0.6) is 5.75 Å². The second-order valence-corrected chi connectivity index (χ2v) is 7.02. The molecule has 2 aromatic carbocycles. The van der Waals surface area contributed by atoms with E-state index >= 15 is 0 Å². The minimum Gasteiger partial charge on any atom is -0.492 e. The molecule has 1 aliphatic heterocycles. The van der Waals surface area contributed by atoms with Crippen LogP contribution in [0.2, 0.25) is 0 Å². The van der Waals surface area contributed by atoms with Crippen molar-refractivity contribution in [3.05, 3.63) is 48.5 Å². The summed E-state index contributed by atoms with van der Waals surface area (Å²) in [7, 11) is 0. The van der Waals surface area contributed by atoms with Gasteiger partial charge < -0.3 is 24.8 Å². The van der Waals surface area contributed by atoms with Gasteiger partial charge >= 0.3 is 6.03 Å². The van der Waals surface area contributed by atoms with Crippen molar-refractivity contribution in [3.8, 4) is 5.75 Å². The first-order valence-electron chi connectivity index (χ1n) is 10.5. The average molecular weight is 397 g/mol. The van der Waals surface area contributed by atoms with Crippen LogP contribution in [-0.2, 0) is 0 Å². The van der Waals surface area contributed by atoms with Crippen LogP contribution in [-0.4, -0.2) is 56.8 Å². The molecule has 0 spiro atoms. The van der Waals surface area contributed by atoms with Gasteiger partial charge in [0.05, 0.1) is 12.3 Å². The van der Waals surface area contributed by atoms with Crippen molar-refractivity contribution in [2.24, 2.45) is 0 Å². The molecule has 0 saturated carbocycles. The standard InChI is InChI=1S/C23H32N4O2/c1-4-25(5-2)20-13-11-19(12-14-20)24-23(28)27-17-15-26(16-18-27)21-9-7-8-10-22(21)29-6-3/h7-14H,4-6,15-18H2,1-3H3,(H,24,28). The molecule has 0 bridgehead atoms.